The Labute approximate surface area is 247 Å². The number of benzene rings is 4. The van der Waals surface area contributed by atoms with Crippen LogP contribution in [0.1, 0.15) is 34.0 Å². The fraction of sp³-hybridized carbons (Fsp3) is 0.152. The molecule has 0 radical (unpaired) electrons. The second-order valence-corrected chi connectivity index (χ2v) is 9.90. The Morgan fingerprint density at radius 3 is 2.56 bits per heavy atom. The first kappa shape index (κ1) is 26.3. The standard InChI is InChI=1S/C33H27N5O5/c1-39-23-12-9-22(10-13-23)29-25-14-11-21-6-4-5-7-24(21)31(25)43-33-30(29)32-36-28(37-38(32)19-34-33)18-42-35-17-20-8-15-26(40-2)27(16-20)41-3/h4-17,19,29H,18H2,1-3H3/b35-17-/t29-/m1/s1. The molecular weight excluding hydrogens is 546 g/mol. The second-order valence-electron chi connectivity index (χ2n) is 9.90. The lowest BCUT2D eigenvalue weighted by Gasteiger charge is -2.28. The highest BCUT2D eigenvalue weighted by Gasteiger charge is 2.34. The average Bonchev–Trinajstić information content (AvgIpc) is 3.49. The lowest BCUT2D eigenvalue weighted by atomic mass is 9.83. The van der Waals surface area contributed by atoms with Crippen molar-refractivity contribution in [3.05, 3.63) is 113 Å². The zero-order chi connectivity index (χ0) is 29.3. The summed E-state index contributed by atoms with van der Waals surface area (Å²) in [5, 5.41) is 10.8. The number of methoxy groups -OCH3 is 3. The Morgan fingerprint density at radius 1 is 0.907 bits per heavy atom. The molecule has 10 heteroatoms. The number of hydrogen-bond acceptors (Lipinski definition) is 9. The number of rotatable bonds is 8. The number of hydrogen-bond donors (Lipinski definition) is 0. The predicted molar refractivity (Wildman–Crippen MR) is 161 cm³/mol. The van der Waals surface area contributed by atoms with Gasteiger partial charge in [0.15, 0.2) is 29.6 Å². The molecule has 6 aromatic rings. The summed E-state index contributed by atoms with van der Waals surface area (Å²) in [6.07, 6.45) is 3.20. The van der Waals surface area contributed by atoms with Crippen LogP contribution in [0.5, 0.6) is 28.9 Å². The van der Waals surface area contributed by atoms with E-state index >= 15 is 0 Å². The van der Waals surface area contributed by atoms with Gasteiger partial charge in [-0.05, 0) is 41.3 Å². The van der Waals surface area contributed by atoms with E-state index < -0.39 is 0 Å². The average molecular weight is 574 g/mol. The van der Waals surface area contributed by atoms with E-state index in [1.165, 1.54) is 0 Å². The molecule has 7 rings (SSSR count). The van der Waals surface area contributed by atoms with E-state index in [0.717, 1.165) is 44.5 Å². The van der Waals surface area contributed by atoms with Gasteiger partial charge in [0.2, 0.25) is 5.88 Å². The van der Waals surface area contributed by atoms with E-state index in [1.807, 2.05) is 42.5 Å². The second kappa shape index (κ2) is 11.0. The molecule has 0 fully saturated rings. The highest BCUT2D eigenvalue weighted by Crippen LogP contribution is 2.50. The molecule has 1 aliphatic rings. The van der Waals surface area contributed by atoms with Crippen molar-refractivity contribution in [1.29, 1.82) is 0 Å². The van der Waals surface area contributed by atoms with Crippen LogP contribution in [0.3, 0.4) is 0 Å². The molecule has 43 heavy (non-hydrogen) atoms. The molecule has 0 unspecified atom stereocenters. The number of aromatic nitrogens is 4. The summed E-state index contributed by atoms with van der Waals surface area (Å²) in [6, 6.07) is 25.9. The lowest BCUT2D eigenvalue weighted by Crippen LogP contribution is -2.15. The van der Waals surface area contributed by atoms with Gasteiger partial charge < -0.3 is 23.8 Å². The number of ether oxygens (including phenoxy) is 4. The Bertz CT molecular complexity index is 1990. The van der Waals surface area contributed by atoms with Crippen LogP contribution in [0.25, 0.3) is 16.4 Å². The third kappa shape index (κ3) is 4.72. The van der Waals surface area contributed by atoms with Gasteiger partial charge in [-0.1, -0.05) is 53.7 Å². The monoisotopic (exact) mass is 573 g/mol. The molecule has 4 aromatic carbocycles. The lowest BCUT2D eigenvalue weighted by molar-refractivity contribution is 0.126. The molecule has 2 aromatic heterocycles. The van der Waals surface area contributed by atoms with E-state index in [-0.39, 0.29) is 12.5 Å². The van der Waals surface area contributed by atoms with Gasteiger partial charge in [-0.15, -0.1) is 5.10 Å². The first-order chi connectivity index (χ1) is 21.2. The zero-order valence-corrected chi connectivity index (χ0v) is 23.7. The van der Waals surface area contributed by atoms with Gasteiger partial charge in [-0.2, -0.15) is 0 Å². The largest absolute Gasteiger partial charge is 0.497 e. The van der Waals surface area contributed by atoms with Crippen LogP contribution < -0.4 is 18.9 Å². The minimum absolute atomic E-state index is 0.0650. The summed E-state index contributed by atoms with van der Waals surface area (Å²) in [7, 11) is 4.84. The molecule has 0 bridgehead atoms. The van der Waals surface area contributed by atoms with E-state index in [4.69, 9.17) is 28.8 Å². The third-order valence-electron chi connectivity index (χ3n) is 7.47. The first-order valence-corrected chi connectivity index (χ1v) is 13.6. The molecule has 0 N–H and O–H groups in total. The molecule has 0 aliphatic carbocycles. The van der Waals surface area contributed by atoms with Crippen LogP contribution in [0, 0.1) is 0 Å². The highest BCUT2D eigenvalue weighted by atomic mass is 16.6. The van der Waals surface area contributed by atoms with E-state index in [9.17, 15) is 0 Å². The minimum Gasteiger partial charge on any atom is -0.497 e. The maximum atomic E-state index is 6.50. The molecule has 3 heterocycles. The van der Waals surface area contributed by atoms with Crippen molar-refractivity contribution in [3.8, 4) is 28.9 Å². The van der Waals surface area contributed by atoms with Crippen LogP contribution in [0.2, 0.25) is 0 Å². The van der Waals surface area contributed by atoms with Crippen molar-refractivity contribution in [3.63, 3.8) is 0 Å². The normalized spacial score (nSPS) is 13.9. The zero-order valence-electron chi connectivity index (χ0n) is 23.7. The molecular formula is C33H27N5O5. The minimum atomic E-state index is -0.202. The predicted octanol–water partition coefficient (Wildman–Crippen LogP) is 6.14. The van der Waals surface area contributed by atoms with Gasteiger partial charge >= 0.3 is 0 Å². The highest BCUT2D eigenvalue weighted by molar-refractivity contribution is 5.91. The molecule has 0 amide bonds. The molecule has 1 aliphatic heterocycles. The summed E-state index contributed by atoms with van der Waals surface area (Å²) in [5.41, 5.74) is 4.32. The number of oxime groups is 1. The smallest absolute Gasteiger partial charge is 0.228 e. The van der Waals surface area contributed by atoms with Crippen molar-refractivity contribution in [2.45, 2.75) is 12.5 Å². The number of nitrogens with zero attached hydrogens (tertiary/aromatic N) is 5. The molecule has 214 valence electrons. The molecule has 0 saturated heterocycles. The summed E-state index contributed by atoms with van der Waals surface area (Å²) < 4.78 is 24.2. The van der Waals surface area contributed by atoms with Crippen molar-refractivity contribution < 1.29 is 23.8 Å². The maximum Gasteiger partial charge on any atom is 0.228 e. The maximum absolute atomic E-state index is 6.50. The molecule has 1 atom stereocenters. The SMILES string of the molecule is COc1ccc([C@@H]2c3ccc4ccccc4c3Oc3ncn4nc(CO/N=C\c5ccc(OC)c(OC)c5)nc4c32)cc1. The third-order valence-corrected chi connectivity index (χ3v) is 7.47. The van der Waals surface area contributed by atoms with Crippen molar-refractivity contribution in [1.82, 2.24) is 19.6 Å². The summed E-state index contributed by atoms with van der Waals surface area (Å²) in [4.78, 5) is 15.1. The fourth-order valence-electron chi connectivity index (χ4n) is 5.42. The van der Waals surface area contributed by atoms with Gasteiger partial charge in [0, 0.05) is 22.4 Å². The van der Waals surface area contributed by atoms with Crippen LogP contribution in [-0.4, -0.2) is 47.1 Å². The summed E-state index contributed by atoms with van der Waals surface area (Å²) in [6.45, 7) is 0.0650. The topological polar surface area (TPSA) is 102 Å². The summed E-state index contributed by atoms with van der Waals surface area (Å²) >= 11 is 0. The molecule has 0 saturated carbocycles. The van der Waals surface area contributed by atoms with Gasteiger partial charge in [0.1, 0.15) is 17.8 Å². The van der Waals surface area contributed by atoms with Gasteiger partial charge in [0.25, 0.3) is 0 Å². The Balaban J connectivity index is 1.24. The summed E-state index contributed by atoms with van der Waals surface area (Å²) in [5.74, 6) is 3.55. The van der Waals surface area contributed by atoms with Crippen LogP contribution in [-0.2, 0) is 11.4 Å². The van der Waals surface area contributed by atoms with Crippen LogP contribution >= 0.6 is 0 Å². The van der Waals surface area contributed by atoms with Crippen LogP contribution in [0.4, 0.5) is 0 Å². The van der Waals surface area contributed by atoms with E-state index in [1.54, 1.807) is 38.4 Å². The Morgan fingerprint density at radius 2 is 1.74 bits per heavy atom. The fourth-order valence-corrected chi connectivity index (χ4v) is 5.42. The molecule has 10 nitrogen and oxygen atoms in total. The molecule has 0 spiro atoms. The van der Waals surface area contributed by atoms with Crippen molar-refractivity contribution >= 4 is 22.6 Å². The van der Waals surface area contributed by atoms with Gasteiger partial charge in [-0.25, -0.2) is 14.5 Å². The van der Waals surface area contributed by atoms with Crippen LogP contribution in [0.15, 0.2) is 90.3 Å². The Hall–Kier alpha value is -5.64. The van der Waals surface area contributed by atoms with Crippen molar-refractivity contribution in [2.24, 2.45) is 5.16 Å². The van der Waals surface area contributed by atoms with Gasteiger partial charge in [0.05, 0.1) is 33.1 Å². The quantitative estimate of drug-likeness (QED) is 0.158. The number of fused-ring (bicyclic) bond motifs is 6. The van der Waals surface area contributed by atoms with Gasteiger partial charge in [-0.3, -0.25) is 0 Å². The van der Waals surface area contributed by atoms with E-state index in [2.05, 4.69) is 51.6 Å². The Kier molecular flexibility index (Phi) is 6.71. The van der Waals surface area contributed by atoms with E-state index in [0.29, 0.717) is 28.9 Å². The van der Waals surface area contributed by atoms with Crippen molar-refractivity contribution in [2.75, 3.05) is 21.3 Å². The first-order valence-electron chi connectivity index (χ1n) is 13.6.